The lowest BCUT2D eigenvalue weighted by atomic mass is 10.1. The molecule has 2 aromatic carbocycles. The van der Waals surface area contributed by atoms with Crippen LogP contribution < -0.4 is 15.4 Å². The molecule has 0 saturated heterocycles. The van der Waals surface area contributed by atoms with E-state index >= 15 is 0 Å². The van der Waals surface area contributed by atoms with Crippen molar-refractivity contribution >= 4 is 23.2 Å². The molecule has 24 heavy (non-hydrogen) atoms. The van der Waals surface area contributed by atoms with Crippen molar-refractivity contribution in [3.05, 3.63) is 53.6 Å². The maximum atomic E-state index is 12.2. The number of rotatable bonds is 5. The monoisotopic (exact) mass is 326 g/mol. The molecule has 126 valence electrons. The minimum Gasteiger partial charge on any atom is -0.492 e. The molecule has 0 spiro atoms. The molecule has 0 aliphatic heterocycles. The predicted octanol–water partition coefficient (Wildman–Crippen LogP) is 3.53. The van der Waals surface area contributed by atoms with Crippen molar-refractivity contribution in [3.8, 4) is 5.75 Å². The van der Waals surface area contributed by atoms with Crippen molar-refractivity contribution in [1.82, 2.24) is 0 Å². The molecule has 0 fully saturated rings. The van der Waals surface area contributed by atoms with Crippen LogP contribution in [0.4, 0.5) is 11.4 Å². The van der Waals surface area contributed by atoms with E-state index < -0.39 is 11.8 Å². The van der Waals surface area contributed by atoms with Crippen molar-refractivity contribution < 1.29 is 14.3 Å². The molecule has 0 bridgehead atoms. The SMILES string of the molecule is CCOc1ccc(C)cc1NC(=O)C(=O)Nc1ccccc1CC. The Bertz CT molecular complexity index is 741. The largest absolute Gasteiger partial charge is 0.492 e. The Morgan fingerprint density at radius 1 is 0.958 bits per heavy atom. The van der Waals surface area contributed by atoms with Crippen LogP contribution in [-0.2, 0) is 16.0 Å². The van der Waals surface area contributed by atoms with Crippen LogP contribution in [0.15, 0.2) is 42.5 Å². The van der Waals surface area contributed by atoms with Gasteiger partial charge in [0, 0.05) is 5.69 Å². The molecule has 0 radical (unpaired) electrons. The van der Waals surface area contributed by atoms with Crippen LogP contribution in [0.1, 0.15) is 25.0 Å². The van der Waals surface area contributed by atoms with Crippen molar-refractivity contribution in [2.45, 2.75) is 27.2 Å². The van der Waals surface area contributed by atoms with Crippen LogP contribution in [0.25, 0.3) is 0 Å². The summed E-state index contributed by atoms with van der Waals surface area (Å²) in [7, 11) is 0. The smallest absolute Gasteiger partial charge is 0.314 e. The summed E-state index contributed by atoms with van der Waals surface area (Å²) in [5.41, 5.74) is 3.07. The first kappa shape index (κ1) is 17.5. The number of benzene rings is 2. The summed E-state index contributed by atoms with van der Waals surface area (Å²) in [5, 5.41) is 5.27. The molecule has 0 saturated carbocycles. The van der Waals surface area contributed by atoms with Gasteiger partial charge in [-0.1, -0.05) is 31.2 Å². The molecule has 0 unspecified atom stereocenters. The summed E-state index contributed by atoms with van der Waals surface area (Å²) >= 11 is 0. The fourth-order valence-electron chi connectivity index (χ4n) is 2.33. The van der Waals surface area contributed by atoms with Gasteiger partial charge in [0.25, 0.3) is 0 Å². The second kappa shape index (κ2) is 8.15. The first-order valence-electron chi connectivity index (χ1n) is 7.98. The zero-order valence-corrected chi connectivity index (χ0v) is 14.2. The maximum Gasteiger partial charge on any atom is 0.314 e. The zero-order valence-electron chi connectivity index (χ0n) is 14.2. The minimum atomic E-state index is -0.729. The second-order valence-electron chi connectivity index (χ2n) is 5.35. The van der Waals surface area contributed by atoms with E-state index in [0.29, 0.717) is 23.7 Å². The van der Waals surface area contributed by atoms with Gasteiger partial charge in [-0.25, -0.2) is 0 Å². The standard InChI is InChI=1S/C19H22N2O3/c1-4-14-8-6-7-9-15(14)20-18(22)19(23)21-16-12-13(3)10-11-17(16)24-5-2/h6-12H,4-5H2,1-3H3,(H,20,22)(H,21,23). The highest BCUT2D eigenvalue weighted by atomic mass is 16.5. The van der Waals surface area contributed by atoms with E-state index in [1.165, 1.54) is 0 Å². The first-order valence-corrected chi connectivity index (χ1v) is 7.98. The summed E-state index contributed by atoms with van der Waals surface area (Å²) in [4.78, 5) is 24.4. The van der Waals surface area contributed by atoms with E-state index in [1.54, 1.807) is 18.2 Å². The summed E-state index contributed by atoms with van der Waals surface area (Å²) in [6.07, 6.45) is 0.768. The van der Waals surface area contributed by atoms with Gasteiger partial charge in [0.05, 0.1) is 12.3 Å². The fraction of sp³-hybridized carbons (Fsp3) is 0.263. The quantitative estimate of drug-likeness (QED) is 0.826. The minimum absolute atomic E-state index is 0.474. The Hall–Kier alpha value is -2.82. The third kappa shape index (κ3) is 4.35. The summed E-state index contributed by atoms with van der Waals surface area (Å²) < 4.78 is 5.48. The number of carbonyl (C=O) groups excluding carboxylic acids is 2. The molecule has 5 heteroatoms. The first-order chi connectivity index (χ1) is 11.5. The molecule has 2 aromatic rings. The maximum absolute atomic E-state index is 12.2. The van der Waals surface area contributed by atoms with Crippen molar-refractivity contribution in [2.24, 2.45) is 0 Å². The van der Waals surface area contributed by atoms with Gasteiger partial charge < -0.3 is 15.4 Å². The number of para-hydroxylation sites is 1. The normalized spacial score (nSPS) is 10.1. The highest BCUT2D eigenvalue weighted by Gasteiger charge is 2.17. The number of amides is 2. The molecule has 0 heterocycles. The Morgan fingerprint density at radius 2 is 1.62 bits per heavy atom. The topological polar surface area (TPSA) is 67.4 Å². The molecule has 0 aliphatic carbocycles. The van der Waals surface area contributed by atoms with Crippen LogP contribution in [0.3, 0.4) is 0 Å². The Morgan fingerprint density at radius 3 is 2.29 bits per heavy atom. The number of hydrogen-bond acceptors (Lipinski definition) is 3. The number of carbonyl (C=O) groups is 2. The van der Waals surface area contributed by atoms with Crippen LogP contribution in [0.2, 0.25) is 0 Å². The van der Waals surface area contributed by atoms with Gasteiger partial charge in [-0.15, -0.1) is 0 Å². The third-order valence-electron chi connectivity index (χ3n) is 3.54. The average Bonchev–Trinajstić information content (AvgIpc) is 2.57. The molecule has 2 N–H and O–H groups in total. The summed E-state index contributed by atoms with van der Waals surface area (Å²) in [6, 6.07) is 12.9. The van der Waals surface area contributed by atoms with E-state index in [0.717, 1.165) is 17.5 Å². The number of ether oxygens (including phenoxy) is 1. The van der Waals surface area contributed by atoms with Gasteiger partial charge in [0.15, 0.2) is 0 Å². The molecule has 2 rings (SSSR count). The van der Waals surface area contributed by atoms with E-state index in [2.05, 4.69) is 10.6 Å². The van der Waals surface area contributed by atoms with Gasteiger partial charge in [-0.3, -0.25) is 9.59 Å². The van der Waals surface area contributed by atoms with E-state index in [1.807, 2.05) is 45.0 Å². The van der Waals surface area contributed by atoms with Gasteiger partial charge in [0.1, 0.15) is 5.75 Å². The van der Waals surface area contributed by atoms with Crippen LogP contribution >= 0.6 is 0 Å². The Balaban J connectivity index is 2.12. The average molecular weight is 326 g/mol. The van der Waals surface area contributed by atoms with Gasteiger partial charge in [-0.05, 0) is 49.6 Å². The van der Waals surface area contributed by atoms with Gasteiger partial charge >= 0.3 is 11.8 Å². The lowest BCUT2D eigenvalue weighted by Crippen LogP contribution is -2.29. The third-order valence-corrected chi connectivity index (χ3v) is 3.54. The molecular weight excluding hydrogens is 304 g/mol. The molecule has 5 nitrogen and oxygen atoms in total. The van der Waals surface area contributed by atoms with Gasteiger partial charge in [0.2, 0.25) is 0 Å². The molecule has 0 atom stereocenters. The van der Waals surface area contributed by atoms with Crippen molar-refractivity contribution in [2.75, 3.05) is 17.2 Å². The predicted molar refractivity (Wildman–Crippen MR) is 95.4 cm³/mol. The second-order valence-corrected chi connectivity index (χ2v) is 5.35. The van der Waals surface area contributed by atoms with Crippen molar-refractivity contribution in [3.63, 3.8) is 0 Å². The molecule has 0 aliphatic rings. The zero-order chi connectivity index (χ0) is 17.5. The highest BCUT2D eigenvalue weighted by Crippen LogP contribution is 2.25. The Labute approximate surface area is 142 Å². The highest BCUT2D eigenvalue weighted by molar-refractivity contribution is 6.43. The van der Waals surface area contributed by atoms with E-state index in [4.69, 9.17) is 4.74 Å². The number of nitrogens with one attached hydrogen (secondary N) is 2. The van der Waals surface area contributed by atoms with Crippen molar-refractivity contribution in [1.29, 1.82) is 0 Å². The van der Waals surface area contributed by atoms with Crippen LogP contribution in [0, 0.1) is 6.92 Å². The number of aryl methyl sites for hydroxylation is 2. The van der Waals surface area contributed by atoms with Gasteiger partial charge in [-0.2, -0.15) is 0 Å². The van der Waals surface area contributed by atoms with Crippen LogP contribution in [0.5, 0.6) is 5.75 Å². The summed E-state index contributed by atoms with van der Waals surface area (Å²) in [6.45, 7) is 6.23. The Kier molecular flexibility index (Phi) is 5.95. The van der Waals surface area contributed by atoms with E-state index in [9.17, 15) is 9.59 Å². The molecule has 0 aromatic heterocycles. The fourth-order valence-corrected chi connectivity index (χ4v) is 2.33. The lowest BCUT2D eigenvalue weighted by Gasteiger charge is -2.13. The van der Waals surface area contributed by atoms with Crippen LogP contribution in [-0.4, -0.2) is 18.4 Å². The number of hydrogen-bond donors (Lipinski definition) is 2. The molecular formula is C19H22N2O3. The van der Waals surface area contributed by atoms with E-state index in [-0.39, 0.29) is 0 Å². The number of anilines is 2. The molecule has 2 amide bonds. The summed E-state index contributed by atoms with van der Waals surface area (Å²) in [5.74, 6) is -0.898. The lowest BCUT2D eigenvalue weighted by molar-refractivity contribution is -0.133.